The molecule has 0 radical (unpaired) electrons. The van der Waals surface area contributed by atoms with Gasteiger partial charge in [0.1, 0.15) is 5.76 Å². The third kappa shape index (κ3) is 3.97. The van der Waals surface area contributed by atoms with Crippen molar-refractivity contribution in [3.63, 3.8) is 0 Å². The Bertz CT molecular complexity index is 1270. The second kappa shape index (κ2) is 8.85. The standard InChI is InChI=1S/C26H25N3O3/c30-25-12-9-18(16-27-25)19-10-11-22(21-7-2-1-6-20(19)21)26(31)28-17-23(24-8-5-15-32-24)29-13-3-4-14-29/h1-2,5-12,15-16,23H,3-4,13-14,17H2,(H,27,30)(H,28,31). The van der Waals surface area contributed by atoms with E-state index < -0.39 is 0 Å². The van der Waals surface area contributed by atoms with Gasteiger partial charge in [-0.2, -0.15) is 0 Å². The molecule has 1 aliphatic heterocycles. The van der Waals surface area contributed by atoms with Crippen LogP contribution < -0.4 is 10.9 Å². The van der Waals surface area contributed by atoms with Gasteiger partial charge in [0.25, 0.3) is 5.91 Å². The van der Waals surface area contributed by atoms with Crippen molar-refractivity contribution in [3.8, 4) is 11.1 Å². The predicted molar refractivity (Wildman–Crippen MR) is 125 cm³/mol. The molecule has 162 valence electrons. The summed E-state index contributed by atoms with van der Waals surface area (Å²) in [4.78, 5) is 29.8. The summed E-state index contributed by atoms with van der Waals surface area (Å²) in [6.45, 7) is 2.51. The van der Waals surface area contributed by atoms with Gasteiger partial charge in [0, 0.05) is 24.4 Å². The Hall–Kier alpha value is -3.64. The molecule has 4 aromatic rings. The highest BCUT2D eigenvalue weighted by atomic mass is 16.3. The lowest BCUT2D eigenvalue weighted by atomic mass is 9.95. The van der Waals surface area contributed by atoms with Gasteiger partial charge >= 0.3 is 0 Å². The largest absolute Gasteiger partial charge is 0.468 e. The van der Waals surface area contributed by atoms with Crippen LogP contribution in [0, 0.1) is 0 Å². The maximum Gasteiger partial charge on any atom is 0.251 e. The van der Waals surface area contributed by atoms with E-state index in [-0.39, 0.29) is 17.5 Å². The second-order valence-corrected chi connectivity index (χ2v) is 8.13. The van der Waals surface area contributed by atoms with E-state index >= 15 is 0 Å². The molecule has 0 aliphatic carbocycles. The van der Waals surface area contributed by atoms with Crippen molar-refractivity contribution < 1.29 is 9.21 Å². The molecule has 6 nitrogen and oxygen atoms in total. The van der Waals surface area contributed by atoms with Crippen LogP contribution in [0.25, 0.3) is 21.9 Å². The number of aromatic nitrogens is 1. The van der Waals surface area contributed by atoms with Crippen molar-refractivity contribution in [2.45, 2.75) is 18.9 Å². The summed E-state index contributed by atoms with van der Waals surface area (Å²) in [7, 11) is 0. The zero-order chi connectivity index (χ0) is 21.9. The van der Waals surface area contributed by atoms with Crippen LogP contribution in [0.4, 0.5) is 0 Å². The maximum absolute atomic E-state index is 13.2. The molecule has 1 saturated heterocycles. The van der Waals surface area contributed by atoms with Crippen LogP contribution >= 0.6 is 0 Å². The van der Waals surface area contributed by atoms with Crippen LogP contribution in [-0.4, -0.2) is 35.4 Å². The highest BCUT2D eigenvalue weighted by molar-refractivity contribution is 6.10. The number of amides is 1. The number of furan rings is 1. The first-order valence-electron chi connectivity index (χ1n) is 11.0. The number of carbonyl (C=O) groups excluding carboxylic acids is 1. The fourth-order valence-corrected chi connectivity index (χ4v) is 4.56. The van der Waals surface area contributed by atoms with Gasteiger partial charge in [0.05, 0.1) is 12.3 Å². The number of rotatable bonds is 6. The Morgan fingerprint density at radius 3 is 2.53 bits per heavy atom. The molecule has 0 spiro atoms. The Labute approximate surface area is 185 Å². The van der Waals surface area contributed by atoms with Crippen molar-refractivity contribution in [1.29, 1.82) is 0 Å². The van der Waals surface area contributed by atoms with Crippen LogP contribution in [0.2, 0.25) is 0 Å². The first-order chi connectivity index (χ1) is 15.7. The summed E-state index contributed by atoms with van der Waals surface area (Å²) < 4.78 is 5.67. The third-order valence-electron chi connectivity index (χ3n) is 6.17. The van der Waals surface area contributed by atoms with Gasteiger partial charge in [-0.15, -0.1) is 0 Å². The molecule has 3 heterocycles. The van der Waals surface area contributed by atoms with Gasteiger partial charge in [0.15, 0.2) is 0 Å². The SMILES string of the molecule is O=C(NCC(c1ccco1)N1CCCC1)c1ccc(-c2ccc(=O)[nH]c2)c2ccccc12. The molecule has 0 saturated carbocycles. The molecule has 6 heteroatoms. The van der Waals surface area contributed by atoms with Crippen LogP contribution in [0.5, 0.6) is 0 Å². The number of carbonyl (C=O) groups is 1. The number of benzene rings is 2. The van der Waals surface area contributed by atoms with Gasteiger partial charge in [-0.3, -0.25) is 14.5 Å². The number of likely N-dealkylation sites (tertiary alicyclic amines) is 1. The average molecular weight is 428 g/mol. The van der Waals surface area contributed by atoms with E-state index in [1.165, 1.54) is 18.9 Å². The van der Waals surface area contributed by atoms with Crippen molar-refractivity contribution in [1.82, 2.24) is 15.2 Å². The van der Waals surface area contributed by atoms with Gasteiger partial charge < -0.3 is 14.7 Å². The normalized spacial score (nSPS) is 15.1. The van der Waals surface area contributed by atoms with Crippen molar-refractivity contribution >= 4 is 16.7 Å². The second-order valence-electron chi connectivity index (χ2n) is 8.13. The van der Waals surface area contributed by atoms with Crippen molar-refractivity contribution in [3.05, 3.63) is 94.8 Å². The summed E-state index contributed by atoms with van der Waals surface area (Å²) in [5, 5.41) is 4.98. The first-order valence-corrected chi connectivity index (χ1v) is 11.0. The minimum atomic E-state index is -0.141. The minimum Gasteiger partial charge on any atom is -0.468 e. The fraction of sp³-hybridized carbons (Fsp3) is 0.231. The van der Waals surface area contributed by atoms with Gasteiger partial charge in [-0.05, 0) is 72.1 Å². The predicted octanol–water partition coefficient (Wildman–Crippen LogP) is 4.36. The molecule has 5 rings (SSSR count). The lowest BCUT2D eigenvalue weighted by molar-refractivity contribution is 0.0935. The van der Waals surface area contributed by atoms with Crippen molar-refractivity contribution in [2.24, 2.45) is 0 Å². The van der Waals surface area contributed by atoms with E-state index in [9.17, 15) is 9.59 Å². The number of fused-ring (bicyclic) bond motifs is 1. The van der Waals surface area contributed by atoms with Crippen LogP contribution in [0.15, 0.2) is 82.3 Å². The number of hydrogen-bond donors (Lipinski definition) is 2. The van der Waals surface area contributed by atoms with Gasteiger partial charge in [-0.1, -0.05) is 30.3 Å². The summed E-state index contributed by atoms with van der Waals surface area (Å²) in [5.41, 5.74) is 2.37. The molecular weight excluding hydrogens is 402 g/mol. The fourth-order valence-electron chi connectivity index (χ4n) is 4.56. The van der Waals surface area contributed by atoms with Crippen LogP contribution in [0.3, 0.4) is 0 Å². The van der Waals surface area contributed by atoms with E-state index in [2.05, 4.69) is 15.2 Å². The Balaban J connectivity index is 1.43. The number of nitrogens with zero attached hydrogens (tertiary/aromatic N) is 1. The smallest absolute Gasteiger partial charge is 0.251 e. The molecule has 0 bridgehead atoms. The number of nitrogens with one attached hydrogen (secondary N) is 2. The lowest BCUT2D eigenvalue weighted by Gasteiger charge is -2.26. The van der Waals surface area contributed by atoms with Crippen LogP contribution in [0.1, 0.15) is 35.0 Å². The van der Waals surface area contributed by atoms with E-state index in [1.807, 2.05) is 48.5 Å². The molecule has 1 atom stereocenters. The molecule has 1 amide bonds. The van der Waals surface area contributed by atoms with Crippen LogP contribution in [-0.2, 0) is 0 Å². The molecule has 2 N–H and O–H groups in total. The summed E-state index contributed by atoms with van der Waals surface area (Å²) in [5.74, 6) is 0.774. The number of pyridine rings is 1. The summed E-state index contributed by atoms with van der Waals surface area (Å²) in [6.07, 6.45) is 5.72. The van der Waals surface area contributed by atoms with E-state index in [4.69, 9.17) is 4.42 Å². The third-order valence-corrected chi connectivity index (χ3v) is 6.17. The van der Waals surface area contributed by atoms with E-state index in [0.717, 1.165) is 40.7 Å². The van der Waals surface area contributed by atoms with Gasteiger partial charge in [-0.25, -0.2) is 0 Å². The zero-order valence-electron chi connectivity index (χ0n) is 17.7. The number of H-pyrrole nitrogens is 1. The Morgan fingerprint density at radius 2 is 1.81 bits per heavy atom. The summed E-state index contributed by atoms with van der Waals surface area (Å²) >= 11 is 0. The zero-order valence-corrected chi connectivity index (χ0v) is 17.7. The Morgan fingerprint density at radius 1 is 1.00 bits per heavy atom. The number of hydrogen-bond acceptors (Lipinski definition) is 4. The summed E-state index contributed by atoms with van der Waals surface area (Å²) in [6, 6.07) is 18.9. The highest BCUT2D eigenvalue weighted by Crippen LogP contribution is 2.30. The van der Waals surface area contributed by atoms with E-state index in [0.29, 0.717) is 12.1 Å². The highest BCUT2D eigenvalue weighted by Gasteiger charge is 2.26. The molecular formula is C26H25N3O3. The van der Waals surface area contributed by atoms with E-state index in [1.54, 1.807) is 18.5 Å². The molecule has 1 unspecified atom stereocenters. The monoisotopic (exact) mass is 427 g/mol. The molecule has 1 aliphatic rings. The molecule has 32 heavy (non-hydrogen) atoms. The number of aromatic amines is 1. The first kappa shape index (κ1) is 20.3. The molecule has 2 aromatic heterocycles. The quantitative estimate of drug-likeness (QED) is 0.479. The topological polar surface area (TPSA) is 78.3 Å². The Kier molecular flexibility index (Phi) is 5.60. The average Bonchev–Trinajstić information content (AvgIpc) is 3.54. The van der Waals surface area contributed by atoms with Gasteiger partial charge in [0.2, 0.25) is 5.56 Å². The molecule has 1 fully saturated rings. The lowest BCUT2D eigenvalue weighted by Crippen LogP contribution is -2.36. The van der Waals surface area contributed by atoms with Crippen molar-refractivity contribution in [2.75, 3.05) is 19.6 Å². The molecule has 2 aromatic carbocycles. The maximum atomic E-state index is 13.2. The minimum absolute atomic E-state index is 0.0307.